The minimum Gasteiger partial charge on any atom is -0.379 e. The molecule has 0 saturated carbocycles. The van der Waals surface area contributed by atoms with Crippen molar-refractivity contribution in [3.05, 3.63) is 10.4 Å². The Kier molecular flexibility index (Phi) is 19.0. The van der Waals surface area contributed by atoms with Crippen molar-refractivity contribution in [1.29, 1.82) is 0 Å². The molecular weight excluding hydrogens is 298 g/mol. The molecule has 0 aromatic rings. The smallest absolute Gasteiger partial charge is 0.0701 e. The van der Waals surface area contributed by atoms with Crippen LogP contribution in [0, 0.1) is 0 Å². The van der Waals surface area contributed by atoms with Gasteiger partial charge in [-0.2, -0.15) is 12.6 Å². The van der Waals surface area contributed by atoms with Gasteiger partial charge in [0.15, 0.2) is 0 Å². The Labute approximate surface area is 131 Å². The van der Waals surface area contributed by atoms with Gasteiger partial charge in [0.05, 0.1) is 66.1 Å². The lowest BCUT2D eigenvalue weighted by Gasteiger charge is -2.07. The van der Waals surface area contributed by atoms with Crippen LogP contribution in [0.3, 0.4) is 0 Å². The summed E-state index contributed by atoms with van der Waals surface area (Å²) in [6, 6.07) is 0. The lowest BCUT2D eigenvalue weighted by atomic mass is 10.7. The molecule has 0 rings (SSSR count). The molecule has 0 saturated heterocycles. The molecule has 0 aliphatic heterocycles. The predicted octanol–water partition coefficient (Wildman–Crippen LogP) is 1.31. The van der Waals surface area contributed by atoms with Crippen LogP contribution in [0.5, 0.6) is 0 Å². The van der Waals surface area contributed by atoms with E-state index in [4.69, 9.17) is 29.2 Å². The first kappa shape index (κ1) is 20.5. The van der Waals surface area contributed by atoms with Crippen LogP contribution in [0.1, 0.15) is 0 Å². The third-order valence-corrected chi connectivity index (χ3v) is 2.31. The summed E-state index contributed by atoms with van der Waals surface area (Å²) in [5.74, 6) is 0.724. The van der Waals surface area contributed by atoms with Crippen LogP contribution in [-0.4, -0.2) is 78.4 Å². The Morgan fingerprint density at radius 3 is 1.43 bits per heavy atom. The molecule has 0 amide bonds. The molecular formula is C12H25N3O5S. The summed E-state index contributed by atoms with van der Waals surface area (Å²) >= 11 is 4.03. The van der Waals surface area contributed by atoms with E-state index in [9.17, 15) is 0 Å². The average Bonchev–Trinajstić information content (AvgIpc) is 2.50. The highest BCUT2D eigenvalue weighted by Gasteiger charge is 1.93. The summed E-state index contributed by atoms with van der Waals surface area (Å²) in [6.07, 6.45) is 0. The first-order valence-electron chi connectivity index (χ1n) is 6.92. The van der Waals surface area contributed by atoms with Crippen LogP contribution in [0.2, 0.25) is 0 Å². The zero-order valence-corrected chi connectivity index (χ0v) is 13.2. The van der Waals surface area contributed by atoms with E-state index < -0.39 is 0 Å². The van der Waals surface area contributed by atoms with Crippen molar-refractivity contribution in [2.24, 2.45) is 5.11 Å². The summed E-state index contributed by atoms with van der Waals surface area (Å²) in [5.41, 5.74) is 8.04. The molecule has 0 aromatic heterocycles. The third-order valence-electron chi connectivity index (χ3n) is 2.12. The van der Waals surface area contributed by atoms with Gasteiger partial charge in [-0.25, -0.2) is 0 Å². The lowest BCUT2D eigenvalue weighted by Crippen LogP contribution is -2.13. The molecule has 0 radical (unpaired) electrons. The van der Waals surface area contributed by atoms with Gasteiger partial charge in [0.2, 0.25) is 0 Å². The van der Waals surface area contributed by atoms with E-state index in [-0.39, 0.29) is 0 Å². The monoisotopic (exact) mass is 323 g/mol. The maximum Gasteiger partial charge on any atom is 0.0701 e. The van der Waals surface area contributed by atoms with Crippen LogP contribution in [-0.2, 0) is 23.7 Å². The van der Waals surface area contributed by atoms with Crippen molar-refractivity contribution >= 4 is 12.6 Å². The zero-order chi connectivity index (χ0) is 15.4. The van der Waals surface area contributed by atoms with Crippen LogP contribution >= 0.6 is 12.6 Å². The maximum atomic E-state index is 8.04. The molecule has 0 aliphatic carbocycles. The Morgan fingerprint density at radius 1 is 0.667 bits per heavy atom. The minimum absolute atomic E-state index is 0.347. The van der Waals surface area contributed by atoms with Crippen molar-refractivity contribution < 1.29 is 23.7 Å². The fourth-order valence-corrected chi connectivity index (χ4v) is 1.33. The van der Waals surface area contributed by atoms with E-state index >= 15 is 0 Å². The number of rotatable bonds is 17. The molecule has 0 aliphatic rings. The molecule has 0 unspecified atom stereocenters. The molecule has 0 bridgehead atoms. The van der Waals surface area contributed by atoms with Crippen molar-refractivity contribution in [2.75, 3.05) is 78.4 Å². The molecule has 0 fully saturated rings. The average molecular weight is 323 g/mol. The Bertz CT molecular complexity index is 255. The van der Waals surface area contributed by atoms with Gasteiger partial charge in [-0.3, -0.25) is 0 Å². The molecule has 9 heteroatoms. The number of nitrogens with zero attached hydrogens (tertiary/aromatic N) is 3. The molecule has 8 nitrogen and oxygen atoms in total. The molecule has 124 valence electrons. The summed E-state index contributed by atoms with van der Waals surface area (Å²) in [6.45, 7) is 5.68. The SMILES string of the molecule is [N-]=[N+]=NCCOCCOCCOCCOCCOCCS. The summed E-state index contributed by atoms with van der Waals surface area (Å²) < 4.78 is 26.3. The lowest BCUT2D eigenvalue weighted by molar-refractivity contribution is -0.00950. The van der Waals surface area contributed by atoms with Crippen molar-refractivity contribution in [2.45, 2.75) is 0 Å². The second-order valence-electron chi connectivity index (χ2n) is 3.74. The maximum absolute atomic E-state index is 8.04. The topological polar surface area (TPSA) is 94.9 Å². The van der Waals surface area contributed by atoms with E-state index in [2.05, 4.69) is 22.7 Å². The molecule has 0 aromatic carbocycles. The summed E-state index contributed by atoms with van der Waals surface area (Å²) in [7, 11) is 0. The molecule has 0 N–H and O–H groups in total. The van der Waals surface area contributed by atoms with E-state index in [1.54, 1.807) is 0 Å². The molecule has 21 heavy (non-hydrogen) atoms. The Morgan fingerprint density at radius 2 is 1.05 bits per heavy atom. The molecule has 0 atom stereocenters. The minimum atomic E-state index is 0.347. The summed E-state index contributed by atoms with van der Waals surface area (Å²) in [4.78, 5) is 2.62. The first-order valence-corrected chi connectivity index (χ1v) is 7.55. The van der Waals surface area contributed by atoms with Crippen molar-refractivity contribution in [1.82, 2.24) is 0 Å². The molecule has 0 heterocycles. The number of hydrogen-bond donors (Lipinski definition) is 1. The van der Waals surface area contributed by atoms with E-state index in [0.717, 1.165) is 5.75 Å². The normalized spacial score (nSPS) is 10.5. The van der Waals surface area contributed by atoms with E-state index in [1.807, 2.05) is 0 Å². The highest BCUT2D eigenvalue weighted by molar-refractivity contribution is 7.80. The van der Waals surface area contributed by atoms with Gasteiger partial charge in [0.1, 0.15) is 0 Å². The quantitative estimate of drug-likeness (QED) is 0.143. The van der Waals surface area contributed by atoms with Gasteiger partial charge in [-0.1, -0.05) is 5.11 Å². The second-order valence-corrected chi connectivity index (χ2v) is 4.19. The fraction of sp³-hybridized carbons (Fsp3) is 1.00. The van der Waals surface area contributed by atoms with Crippen LogP contribution < -0.4 is 0 Å². The first-order chi connectivity index (χ1) is 10.4. The third kappa shape index (κ3) is 19.5. The van der Waals surface area contributed by atoms with E-state index in [0.29, 0.717) is 72.6 Å². The van der Waals surface area contributed by atoms with Crippen LogP contribution in [0.25, 0.3) is 10.4 Å². The van der Waals surface area contributed by atoms with Gasteiger partial charge in [-0.05, 0) is 5.53 Å². The molecule has 0 spiro atoms. The number of thiol groups is 1. The Balaban J connectivity index is 2.94. The number of ether oxygens (including phenoxy) is 5. The van der Waals surface area contributed by atoms with Crippen molar-refractivity contribution in [3.63, 3.8) is 0 Å². The van der Waals surface area contributed by atoms with Gasteiger partial charge < -0.3 is 23.7 Å². The zero-order valence-electron chi connectivity index (χ0n) is 12.3. The fourth-order valence-electron chi connectivity index (χ4n) is 1.20. The Hall–Kier alpha value is -0.540. The van der Waals surface area contributed by atoms with Gasteiger partial charge in [-0.15, -0.1) is 0 Å². The van der Waals surface area contributed by atoms with Crippen LogP contribution in [0.15, 0.2) is 5.11 Å². The second kappa shape index (κ2) is 19.5. The van der Waals surface area contributed by atoms with Gasteiger partial charge in [0, 0.05) is 17.2 Å². The largest absolute Gasteiger partial charge is 0.379 e. The summed E-state index contributed by atoms with van der Waals surface area (Å²) in [5, 5.41) is 3.35. The highest BCUT2D eigenvalue weighted by Crippen LogP contribution is 1.84. The van der Waals surface area contributed by atoms with Crippen LogP contribution in [0.4, 0.5) is 0 Å². The predicted molar refractivity (Wildman–Crippen MR) is 82.0 cm³/mol. The van der Waals surface area contributed by atoms with E-state index in [1.165, 1.54) is 0 Å². The number of azide groups is 1. The highest BCUT2D eigenvalue weighted by atomic mass is 32.1. The number of hydrogen-bond acceptors (Lipinski definition) is 7. The van der Waals surface area contributed by atoms with Gasteiger partial charge >= 0.3 is 0 Å². The van der Waals surface area contributed by atoms with Crippen molar-refractivity contribution in [3.8, 4) is 0 Å². The standard InChI is InChI=1S/C12H25N3O5S/c13-15-14-1-2-16-3-4-17-5-6-18-7-8-19-9-10-20-11-12-21/h21H,1-12H2. The van der Waals surface area contributed by atoms with Gasteiger partial charge in [0.25, 0.3) is 0 Å².